The third-order valence-electron chi connectivity index (χ3n) is 5.97. The first-order valence-corrected chi connectivity index (χ1v) is 13.3. The van der Waals surface area contributed by atoms with Crippen molar-refractivity contribution in [2.75, 3.05) is 29.9 Å². The van der Waals surface area contributed by atoms with Crippen LogP contribution in [0.5, 0.6) is 5.75 Å². The van der Waals surface area contributed by atoms with E-state index in [0.29, 0.717) is 41.9 Å². The number of rotatable bonds is 7. The van der Waals surface area contributed by atoms with Crippen LogP contribution in [-0.2, 0) is 17.3 Å². The van der Waals surface area contributed by atoms with Crippen molar-refractivity contribution in [3.8, 4) is 11.4 Å². The van der Waals surface area contributed by atoms with Crippen LogP contribution in [0.15, 0.2) is 54.9 Å². The summed E-state index contributed by atoms with van der Waals surface area (Å²) < 4.78 is 48.9. The molecule has 2 aromatic carbocycles. The Kier molecular flexibility index (Phi) is 6.97. The fourth-order valence-corrected chi connectivity index (χ4v) is 5.27. The first-order chi connectivity index (χ1) is 17.4. The Balaban J connectivity index is 1.38. The van der Waals surface area contributed by atoms with Gasteiger partial charge in [0.05, 0.1) is 11.8 Å². The molecular weight excluding hydrogens is 484 g/mol. The second-order valence-corrected chi connectivity index (χ2v) is 10.7. The van der Waals surface area contributed by atoms with Gasteiger partial charge < -0.3 is 14.6 Å². The molecule has 4 aromatic rings. The van der Waals surface area contributed by atoms with Gasteiger partial charge in [-0.3, -0.25) is 9.11 Å². The van der Waals surface area contributed by atoms with Crippen LogP contribution in [0.4, 0.5) is 20.4 Å². The van der Waals surface area contributed by atoms with Crippen molar-refractivity contribution in [3.05, 3.63) is 72.1 Å². The van der Waals surface area contributed by atoms with Crippen molar-refractivity contribution >= 4 is 33.5 Å². The van der Waals surface area contributed by atoms with Crippen molar-refractivity contribution in [1.29, 1.82) is 0 Å². The van der Waals surface area contributed by atoms with Gasteiger partial charge in [0, 0.05) is 71.0 Å². The number of nitrogens with one attached hydrogen (secondary N) is 1. The SMILES string of the molecule is CC(C)Oc1ccc(Nc2ncc3ccn(-c4cc(F)c(CN5CCS(=O)CC5)c(F)c4)c3n2)cc1. The van der Waals surface area contributed by atoms with E-state index in [1.165, 1.54) is 12.1 Å². The fraction of sp³-hybridized carbons (Fsp3) is 0.308. The number of hydrogen-bond acceptors (Lipinski definition) is 6. The van der Waals surface area contributed by atoms with Gasteiger partial charge in [-0.05, 0) is 56.3 Å². The van der Waals surface area contributed by atoms with Crippen LogP contribution in [0, 0.1) is 11.6 Å². The highest BCUT2D eigenvalue weighted by Crippen LogP contribution is 2.25. The molecule has 1 N–H and O–H groups in total. The summed E-state index contributed by atoms with van der Waals surface area (Å²) in [6.07, 6.45) is 3.47. The van der Waals surface area contributed by atoms with Crippen molar-refractivity contribution < 1.29 is 17.7 Å². The highest BCUT2D eigenvalue weighted by Gasteiger charge is 2.20. The largest absolute Gasteiger partial charge is 0.491 e. The van der Waals surface area contributed by atoms with Gasteiger partial charge in [-0.15, -0.1) is 0 Å². The molecule has 188 valence electrons. The molecule has 0 aliphatic carbocycles. The van der Waals surface area contributed by atoms with E-state index in [1.807, 2.05) is 43.0 Å². The van der Waals surface area contributed by atoms with Crippen molar-refractivity contribution in [1.82, 2.24) is 19.4 Å². The molecular formula is C26H27F2N5O2S. The average Bonchev–Trinajstić information content (AvgIpc) is 3.27. The van der Waals surface area contributed by atoms with Crippen LogP contribution in [0.25, 0.3) is 16.7 Å². The molecule has 36 heavy (non-hydrogen) atoms. The minimum absolute atomic E-state index is 0.0183. The summed E-state index contributed by atoms with van der Waals surface area (Å²) in [6.45, 7) is 5.22. The van der Waals surface area contributed by atoms with Crippen LogP contribution in [0.3, 0.4) is 0 Å². The Morgan fingerprint density at radius 3 is 2.44 bits per heavy atom. The van der Waals surface area contributed by atoms with E-state index in [9.17, 15) is 4.21 Å². The first kappa shape index (κ1) is 24.3. The molecule has 0 saturated carbocycles. The molecule has 1 aliphatic heterocycles. The Labute approximate surface area is 210 Å². The van der Waals surface area contributed by atoms with Gasteiger partial charge >= 0.3 is 0 Å². The summed E-state index contributed by atoms with van der Waals surface area (Å²) in [4.78, 5) is 10.9. The quantitative estimate of drug-likeness (QED) is 0.385. The molecule has 1 aliphatic rings. The summed E-state index contributed by atoms with van der Waals surface area (Å²) in [6, 6.07) is 11.9. The molecule has 1 fully saturated rings. The number of hydrogen-bond donors (Lipinski definition) is 1. The van der Waals surface area contributed by atoms with Crippen molar-refractivity contribution in [2.45, 2.75) is 26.5 Å². The minimum Gasteiger partial charge on any atom is -0.491 e. The summed E-state index contributed by atoms with van der Waals surface area (Å²) in [7, 11) is -0.841. The standard InChI is InChI=1S/C26H27F2N5O2S/c1-17(2)35-21-5-3-19(4-6-21)30-26-29-15-18-7-8-33(25(18)31-26)20-13-23(27)22(24(28)14-20)16-32-9-11-36(34)12-10-32/h3-8,13-15,17H,9-12,16H2,1-2H3,(H,29,30,31). The molecule has 1 saturated heterocycles. The molecule has 7 nitrogen and oxygen atoms in total. The van der Waals surface area contributed by atoms with Crippen LogP contribution in [0.1, 0.15) is 19.4 Å². The van der Waals surface area contributed by atoms with E-state index >= 15 is 8.78 Å². The van der Waals surface area contributed by atoms with E-state index < -0.39 is 22.4 Å². The summed E-state index contributed by atoms with van der Waals surface area (Å²) in [5, 5.41) is 3.90. The monoisotopic (exact) mass is 511 g/mol. The Hall–Kier alpha value is -3.37. The van der Waals surface area contributed by atoms with Crippen molar-refractivity contribution in [2.24, 2.45) is 0 Å². The van der Waals surface area contributed by atoms with Crippen LogP contribution >= 0.6 is 0 Å². The maximum absolute atomic E-state index is 15.0. The smallest absolute Gasteiger partial charge is 0.229 e. The summed E-state index contributed by atoms with van der Waals surface area (Å²) in [5.41, 5.74) is 1.66. The molecule has 2 aromatic heterocycles. The highest BCUT2D eigenvalue weighted by molar-refractivity contribution is 7.85. The predicted octanol–water partition coefficient (Wildman–Crippen LogP) is 4.79. The zero-order valence-electron chi connectivity index (χ0n) is 20.1. The number of benzene rings is 2. The molecule has 0 bridgehead atoms. The van der Waals surface area contributed by atoms with Gasteiger partial charge in [0.25, 0.3) is 0 Å². The zero-order chi connectivity index (χ0) is 25.2. The number of aromatic nitrogens is 3. The maximum Gasteiger partial charge on any atom is 0.229 e. The molecule has 0 spiro atoms. The summed E-state index contributed by atoms with van der Waals surface area (Å²) >= 11 is 0. The molecule has 0 unspecified atom stereocenters. The third kappa shape index (κ3) is 5.39. The van der Waals surface area contributed by atoms with E-state index in [2.05, 4.69) is 15.3 Å². The van der Waals surface area contributed by atoms with E-state index in [1.54, 1.807) is 23.0 Å². The third-order valence-corrected chi connectivity index (χ3v) is 7.24. The molecule has 3 heterocycles. The maximum atomic E-state index is 15.0. The van der Waals surface area contributed by atoms with E-state index in [4.69, 9.17) is 4.74 Å². The summed E-state index contributed by atoms with van der Waals surface area (Å²) in [5.74, 6) is 0.957. The topological polar surface area (TPSA) is 72.3 Å². The lowest BCUT2D eigenvalue weighted by Gasteiger charge is -2.26. The first-order valence-electron chi connectivity index (χ1n) is 11.8. The lowest BCUT2D eigenvalue weighted by Crippen LogP contribution is -2.37. The molecule has 10 heteroatoms. The normalized spacial score (nSPS) is 15.0. The minimum atomic E-state index is -0.841. The highest BCUT2D eigenvalue weighted by atomic mass is 32.2. The second kappa shape index (κ2) is 10.3. The molecule has 5 rings (SSSR count). The second-order valence-electron chi connectivity index (χ2n) is 8.99. The lowest BCUT2D eigenvalue weighted by atomic mass is 10.1. The van der Waals surface area contributed by atoms with Crippen molar-refractivity contribution in [3.63, 3.8) is 0 Å². The van der Waals surface area contributed by atoms with Gasteiger partial charge in [-0.2, -0.15) is 4.98 Å². The average molecular weight is 512 g/mol. The van der Waals surface area contributed by atoms with Gasteiger partial charge in [0.1, 0.15) is 23.0 Å². The zero-order valence-corrected chi connectivity index (χ0v) is 20.9. The molecule has 0 radical (unpaired) electrons. The number of anilines is 2. The number of nitrogens with zero attached hydrogens (tertiary/aromatic N) is 4. The fourth-order valence-electron chi connectivity index (χ4n) is 4.14. The van der Waals surface area contributed by atoms with Gasteiger partial charge in [-0.1, -0.05) is 0 Å². The number of halogens is 2. The predicted molar refractivity (Wildman–Crippen MR) is 137 cm³/mol. The molecule has 0 amide bonds. The Morgan fingerprint density at radius 1 is 1.08 bits per heavy atom. The van der Waals surface area contributed by atoms with Crippen LogP contribution < -0.4 is 10.1 Å². The van der Waals surface area contributed by atoms with Crippen LogP contribution in [-0.4, -0.2) is 54.3 Å². The number of ether oxygens (including phenoxy) is 1. The van der Waals surface area contributed by atoms with E-state index in [0.717, 1.165) is 16.8 Å². The Morgan fingerprint density at radius 2 is 1.78 bits per heavy atom. The van der Waals surface area contributed by atoms with Crippen LogP contribution in [0.2, 0.25) is 0 Å². The van der Waals surface area contributed by atoms with Gasteiger partial charge in [0.2, 0.25) is 5.95 Å². The van der Waals surface area contributed by atoms with Gasteiger partial charge in [-0.25, -0.2) is 13.8 Å². The lowest BCUT2D eigenvalue weighted by molar-refractivity contribution is 0.242. The van der Waals surface area contributed by atoms with E-state index in [-0.39, 0.29) is 18.2 Å². The molecule has 0 atom stereocenters. The number of fused-ring (bicyclic) bond motifs is 1. The Bertz CT molecular complexity index is 1370. The van der Waals surface area contributed by atoms with Gasteiger partial charge in [0.15, 0.2) is 0 Å².